The monoisotopic (exact) mass is 302 g/mol. The van der Waals surface area contributed by atoms with Gasteiger partial charge in [0.05, 0.1) is 24.7 Å². The smallest absolute Gasteiger partial charge is 0.155 e. The molecule has 0 radical (unpaired) electrons. The highest BCUT2D eigenvalue weighted by Gasteiger charge is 2.21. The fraction of sp³-hybridized carbons (Fsp3) is 0.375. The minimum absolute atomic E-state index is 0.254. The van der Waals surface area contributed by atoms with E-state index in [2.05, 4.69) is 14.9 Å². The summed E-state index contributed by atoms with van der Waals surface area (Å²) in [5, 5.41) is 0. The number of benzene rings is 1. The van der Waals surface area contributed by atoms with Crippen LogP contribution in [0.3, 0.4) is 0 Å². The number of ether oxygens (including phenoxy) is 1. The fourth-order valence-corrected chi connectivity index (χ4v) is 2.69. The van der Waals surface area contributed by atoms with Gasteiger partial charge in [-0.1, -0.05) is 0 Å². The van der Waals surface area contributed by atoms with Gasteiger partial charge in [-0.05, 0) is 37.0 Å². The molecule has 1 aromatic heterocycles. The number of rotatable bonds is 4. The molecule has 1 aliphatic heterocycles. The summed E-state index contributed by atoms with van der Waals surface area (Å²) in [6, 6.07) is 4.87. The van der Waals surface area contributed by atoms with Crippen LogP contribution in [0.5, 0.6) is 5.75 Å². The van der Waals surface area contributed by atoms with Crippen LogP contribution in [0.1, 0.15) is 12.8 Å². The molecule has 116 valence electrons. The molecule has 2 heterocycles. The van der Waals surface area contributed by atoms with E-state index in [4.69, 9.17) is 10.5 Å². The first-order chi connectivity index (χ1) is 10.7. The Morgan fingerprint density at radius 1 is 1.23 bits per heavy atom. The maximum Gasteiger partial charge on any atom is 0.155 e. The lowest BCUT2D eigenvalue weighted by atomic mass is 9.97. The highest BCUT2D eigenvalue weighted by molar-refractivity contribution is 5.54. The Bertz CT molecular complexity index is 615. The van der Waals surface area contributed by atoms with Crippen molar-refractivity contribution < 1.29 is 9.13 Å². The lowest BCUT2D eigenvalue weighted by Gasteiger charge is -2.33. The third kappa shape index (κ3) is 3.44. The van der Waals surface area contributed by atoms with Crippen LogP contribution in [0, 0.1) is 11.7 Å². The summed E-state index contributed by atoms with van der Waals surface area (Å²) in [5.74, 6) is 0.902. The zero-order chi connectivity index (χ0) is 15.4. The summed E-state index contributed by atoms with van der Waals surface area (Å²) in [7, 11) is 0. The molecule has 2 N–H and O–H groups in total. The molecular formula is C16H19FN4O. The van der Waals surface area contributed by atoms with E-state index in [0.717, 1.165) is 25.9 Å². The van der Waals surface area contributed by atoms with Crippen LogP contribution in [-0.4, -0.2) is 29.7 Å². The first-order valence-electron chi connectivity index (χ1n) is 7.40. The molecule has 1 fully saturated rings. The van der Waals surface area contributed by atoms with Gasteiger partial charge in [0.15, 0.2) is 5.75 Å². The molecule has 3 rings (SSSR count). The third-order valence-corrected chi connectivity index (χ3v) is 3.95. The summed E-state index contributed by atoms with van der Waals surface area (Å²) >= 11 is 0. The van der Waals surface area contributed by atoms with Gasteiger partial charge < -0.3 is 15.4 Å². The number of nitrogens with two attached hydrogens (primary N) is 1. The number of hydrogen-bond acceptors (Lipinski definition) is 5. The Balaban J connectivity index is 1.52. The zero-order valence-electron chi connectivity index (χ0n) is 12.3. The van der Waals surface area contributed by atoms with Gasteiger partial charge in [-0.3, -0.25) is 0 Å². The highest BCUT2D eigenvalue weighted by atomic mass is 19.1. The average Bonchev–Trinajstić information content (AvgIpc) is 2.55. The van der Waals surface area contributed by atoms with E-state index in [1.807, 2.05) is 0 Å². The molecule has 0 amide bonds. The van der Waals surface area contributed by atoms with E-state index in [0.29, 0.717) is 29.6 Å². The van der Waals surface area contributed by atoms with Crippen LogP contribution >= 0.6 is 0 Å². The summed E-state index contributed by atoms with van der Waals surface area (Å²) in [6.07, 6.45) is 6.74. The first-order valence-corrected chi connectivity index (χ1v) is 7.40. The largest absolute Gasteiger partial charge is 0.490 e. The summed E-state index contributed by atoms with van der Waals surface area (Å²) in [6.45, 7) is 2.28. The fourth-order valence-electron chi connectivity index (χ4n) is 2.69. The quantitative estimate of drug-likeness (QED) is 0.879. The van der Waals surface area contributed by atoms with Crippen LogP contribution < -0.4 is 15.4 Å². The molecule has 0 unspecified atom stereocenters. The molecule has 0 bridgehead atoms. The molecule has 1 aliphatic rings. The predicted octanol–water partition coefficient (Wildman–Crippen LogP) is 2.49. The van der Waals surface area contributed by atoms with E-state index >= 15 is 0 Å². The number of halogens is 1. The van der Waals surface area contributed by atoms with Crippen molar-refractivity contribution in [3.05, 3.63) is 42.7 Å². The normalized spacial score (nSPS) is 15.8. The lowest BCUT2D eigenvalue weighted by Crippen LogP contribution is -2.36. The molecule has 0 atom stereocenters. The van der Waals surface area contributed by atoms with Gasteiger partial charge in [-0.25, -0.2) is 14.4 Å². The van der Waals surface area contributed by atoms with Crippen molar-refractivity contribution in [2.45, 2.75) is 12.8 Å². The van der Waals surface area contributed by atoms with Crippen LogP contribution in [0.15, 0.2) is 36.9 Å². The predicted molar refractivity (Wildman–Crippen MR) is 83.3 cm³/mol. The van der Waals surface area contributed by atoms with Crippen LogP contribution in [0.25, 0.3) is 0 Å². The molecular weight excluding hydrogens is 283 g/mol. The van der Waals surface area contributed by atoms with E-state index < -0.39 is 0 Å². The lowest BCUT2D eigenvalue weighted by molar-refractivity contribution is 0.221. The summed E-state index contributed by atoms with van der Waals surface area (Å²) in [5.41, 5.74) is 6.67. The van der Waals surface area contributed by atoms with Crippen molar-refractivity contribution in [1.29, 1.82) is 0 Å². The van der Waals surface area contributed by atoms with Gasteiger partial charge in [-0.2, -0.15) is 0 Å². The molecule has 0 aliphatic carbocycles. The summed E-state index contributed by atoms with van der Waals surface area (Å²) in [4.78, 5) is 9.91. The molecule has 2 aromatic rings. The van der Waals surface area contributed by atoms with Gasteiger partial charge >= 0.3 is 0 Å². The second kappa shape index (κ2) is 6.60. The maximum absolute atomic E-state index is 13.9. The highest BCUT2D eigenvalue weighted by Crippen LogP contribution is 2.27. The Morgan fingerprint density at radius 2 is 1.95 bits per heavy atom. The Kier molecular flexibility index (Phi) is 4.37. The topological polar surface area (TPSA) is 64.3 Å². The second-order valence-electron chi connectivity index (χ2n) is 5.53. The first kappa shape index (κ1) is 14.6. The average molecular weight is 302 g/mol. The van der Waals surface area contributed by atoms with Crippen molar-refractivity contribution in [3.63, 3.8) is 0 Å². The SMILES string of the molecule is Nc1ccc(N2CCC(COc3cncnc3)CC2)c(F)c1. The van der Waals surface area contributed by atoms with E-state index in [1.165, 1.54) is 12.4 Å². The van der Waals surface area contributed by atoms with Crippen LogP contribution in [0.4, 0.5) is 15.8 Å². The number of nitrogens with zero attached hydrogens (tertiary/aromatic N) is 3. The van der Waals surface area contributed by atoms with Crippen molar-refractivity contribution in [2.24, 2.45) is 5.92 Å². The number of aromatic nitrogens is 2. The van der Waals surface area contributed by atoms with Crippen molar-refractivity contribution >= 4 is 11.4 Å². The van der Waals surface area contributed by atoms with E-state index in [9.17, 15) is 4.39 Å². The Labute approximate surface area is 128 Å². The second-order valence-corrected chi connectivity index (χ2v) is 5.53. The van der Waals surface area contributed by atoms with Crippen LogP contribution in [-0.2, 0) is 0 Å². The van der Waals surface area contributed by atoms with E-state index in [1.54, 1.807) is 24.5 Å². The van der Waals surface area contributed by atoms with Gasteiger partial charge in [0.1, 0.15) is 12.1 Å². The molecule has 22 heavy (non-hydrogen) atoms. The van der Waals surface area contributed by atoms with Crippen LogP contribution in [0.2, 0.25) is 0 Å². The van der Waals surface area contributed by atoms with Crippen molar-refractivity contribution in [3.8, 4) is 5.75 Å². The summed E-state index contributed by atoms with van der Waals surface area (Å²) < 4.78 is 19.6. The van der Waals surface area contributed by atoms with Gasteiger partial charge in [-0.15, -0.1) is 0 Å². The Morgan fingerprint density at radius 3 is 2.64 bits per heavy atom. The van der Waals surface area contributed by atoms with E-state index in [-0.39, 0.29) is 5.82 Å². The number of hydrogen-bond donors (Lipinski definition) is 1. The molecule has 6 heteroatoms. The van der Waals surface area contributed by atoms with Gasteiger partial charge in [0.25, 0.3) is 0 Å². The van der Waals surface area contributed by atoms with Gasteiger partial charge in [0, 0.05) is 18.8 Å². The van der Waals surface area contributed by atoms with Gasteiger partial charge in [0.2, 0.25) is 0 Å². The number of nitrogen functional groups attached to an aromatic ring is 1. The zero-order valence-corrected chi connectivity index (χ0v) is 12.3. The number of piperidine rings is 1. The minimum atomic E-state index is -0.254. The van der Waals surface area contributed by atoms with Crippen molar-refractivity contribution in [1.82, 2.24) is 9.97 Å². The molecule has 1 aromatic carbocycles. The molecule has 0 saturated carbocycles. The number of anilines is 2. The Hall–Kier alpha value is -2.37. The molecule has 1 saturated heterocycles. The molecule has 0 spiro atoms. The maximum atomic E-state index is 13.9. The standard InChI is InChI=1S/C16H19FN4O/c17-15-7-13(18)1-2-16(15)21-5-3-12(4-6-21)10-22-14-8-19-11-20-9-14/h1-2,7-9,11-12H,3-6,10,18H2. The van der Waals surface area contributed by atoms with Crippen molar-refractivity contribution in [2.75, 3.05) is 30.3 Å². The third-order valence-electron chi connectivity index (χ3n) is 3.95. The molecule has 5 nitrogen and oxygen atoms in total. The minimum Gasteiger partial charge on any atom is -0.490 e.